The number of aliphatic hydroxyl groups excluding tert-OH is 1. The van der Waals surface area contributed by atoms with E-state index in [-0.39, 0.29) is 17.2 Å². The molecule has 9 nitrogen and oxygen atoms in total. The summed E-state index contributed by atoms with van der Waals surface area (Å²) in [4.78, 5) is 37.0. The van der Waals surface area contributed by atoms with Gasteiger partial charge >= 0.3 is 12.1 Å². The first-order chi connectivity index (χ1) is 13.5. The number of nitro benzene ring substituents is 1. The maximum atomic E-state index is 12.5. The zero-order chi connectivity index (χ0) is 21.8. The molecule has 1 aliphatic rings. The van der Waals surface area contributed by atoms with Crippen LogP contribution in [0.15, 0.2) is 24.3 Å². The van der Waals surface area contributed by atoms with Crippen molar-refractivity contribution in [2.45, 2.75) is 45.3 Å². The minimum Gasteiger partial charge on any atom is -0.469 e. The Labute approximate surface area is 169 Å². The number of hydrogen-bond donors (Lipinski definition) is 1. The first-order valence-corrected chi connectivity index (χ1v) is 9.52. The van der Waals surface area contributed by atoms with Crippen molar-refractivity contribution in [1.29, 1.82) is 0 Å². The van der Waals surface area contributed by atoms with Crippen molar-refractivity contribution in [3.63, 3.8) is 0 Å². The fraction of sp³-hybridized carbons (Fsp3) is 0.600. The number of rotatable bonds is 5. The van der Waals surface area contributed by atoms with E-state index in [9.17, 15) is 24.8 Å². The fourth-order valence-corrected chi connectivity index (χ4v) is 3.58. The van der Waals surface area contributed by atoms with Crippen LogP contribution < -0.4 is 0 Å². The van der Waals surface area contributed by atoms with Crippen molar-refractivity contribution in [2.75, 3.05) is 20.2 Å². The van der Waals surface area contributed by atoms with E-state index in [1.54, 1.807) is 31.7 Å². The highest BCUT2D eigenvalue weighted by Gasteiger charge is 2.41. The first kappa shape index (κ1) is 22.6. The summed E-state index contributed by atoms with van der Waals surface area (Å²) in [5, 5.41) is 22.2. The van der Waals surface area contributed by atoms with Gasteiger partial charge in [-0.1, -0.05) is 12.1 Å². The summed E-state index contributed by atoms with van der Waals surface area (Å²) in [5.41, 5.74) is -0.784. The van der Waals surface area contributed by atoms with E-state index in [1.807, 2.05) is 0 Å². The normalized spacial score (nSPS) is 17.3. The summed E-state index contributed by atoms with van der Waals surface area (Å²) in [5.74, 6) is -1.90. The summed E-state index contributed by atoms with van der Waals surface area (Å²) in [6.45, 7) is 6.07. The molecule has 1 fully saturated rings. The molecule has 1 aromatic carbocycles. The molecule has 1 amide bonds. The van der Waals surface area contributed by atoms with Crippen LogP contribution in [0.5, 0.6) is 0 Å². The molecule has 2 rings (SSSR count). The van der Waals surface area contributed by atoms with Gasteiger partial charge in [0.05, 0.1) is 29.6 Å². The van der Waals surface area contributed by atoms with Gasteiger partial charge in [0.2, 0.25) is 0 Å². The average molecular weight is 408 g/mol. The van der Waals surface area contributed by atoms with Gasteiger partial charge in [-0.3, -0.25) is 14.9 Å². The topological polar surface area (TPSA) is 119 Å². The van der Waals surface area contributed by atoms with E-state index in [0.717, 1.165) is 0 Å². The highest BCUT2D eigenvalue weighted by Crippen LogP contribution is 2.38. The van der Waals surface area contributed by atoms with Crippen molar-refractivity contribution < 1.29 is 29.1 Å². The number of esters is 1. The summed E-state index contributed by atoms with van der Waals surface area (Å²) in [7, 11) is 1.22. The fourth-order valence-electron chi connectivity index (χ4n) is 3.58. The van der Waals surface area contributed by atoms with Gasteiger partial charge in [0, 0.05) is 19.2 Å². The molecule has 29 heavy (non-hydrogen) atoms. The number of nitrogens with zero attached hydrogens (tertiary/aromatic N) is 2. The summed E-state index contributed by atoms with van der Waals surface area (Å²) >= 11 is 0. The molecule has 160 valence electrons. The number of amides is 1. The van der Waals surface area contributed by atoms with Crippen LogP contribution in [0.2, 0.25) is 0 Å². The molecular formula is C20H28N2O7. The lowest BCUT2D eigenvalue weighted by Gasteiger charge is -2.37. The van der Waals surface area contributed by atoms with E-state index >= 15 is 0 Å². The molecule has 1 N–H and O–H groups in total. The van der Waals surface area contributed by atoms with Gasteiger partial charge in [-0.15, -0.1) is 0 Å². The third kappa shape index (κ3) is 5.66. The van der Waals surface area contributed by atoms with Crippen molar-refractivity contribution in [2.24, 2.45) is 11.8 Å². The number of piperidine rings is 1. The molecule has 0 bridgehead atoms. The molecule has 0 aromatic heterocycles. The van der Waals surface area contributed by atoms with Gasteiger partial charge in [-0.25, -0.2) is 4.79 Å². The van der Waals surface area contributed by atoms with Crippen molar-refractivity contribution in [1.82, 2.24) is 4.90 Å². The minimum absolute atomic E-state index is 0.0717. The van der Waals surface area contributed by atoms with Crippen LogP contribution in [-0.2, 0) is 14.3 Å². The molecule has 1 aliphatic heterocycles. The molecule has 1 saturated heterocycles. The molecule has 2 unspecified atom stereocenters. The molecule has 0 radical (unpaired) electrons. The van der Waals surface area contributed by atoms with E-state index in [0.29, 0.717) is 25.9 Å². The third-order valence-corrected chi connectivity index (χ3v) is 4.96. The van der Waals surface area contributed by atoms with Gasteiger partial charge in [0.15, 0.2) is 0 Å². The smallest absolute Gasteiger partial charge is 0.410 e. The number of benzene rings is 1. The van der Waals surface area contributed by atoms with Crippen molar-refractivity contribution in [3.8, 4) is 0 Å². The quantitative estimate of drug-likeness (QED) is 0.452. The van der Waals surface area contributed by atoms with Gasteiger partial charge in [0.25, 0.3) is 5.69 Å². The van der Waals surface area contributed by atoms with Crippen LogP contribution in [-0.4, -0.2) is 52.8 Å². The number of nitro groups is 1. The van der Waals surface area contributed by atoms with E-state index in [2.05, 4.69) is 0 Å². The predicted octanol–water partition coefficient (Wildman–Crippen LogP) is 3.06. The number of hydrogen-bond acceptors (Lipinski definition) is 7. The van der Waals surface area contributed by atoms with Gasteiger partial charge in [-0.05, 0) is 45.6 Å². The number of para-hydroxylation sites is 1. The second kappa shape index (κ2) is 9.21. The maximum absolute atomic E-state index is 12.5. The molecular weight excluding hydrogens is 380 g/mol. The van der Waals surface area contributed by atoms with Gasteiger partial charge in [-0.2, -0.15) is 0 Å². The summed E-state index contributed by atoms with van der Waals surface area (Å²) in [6, 6.07) is 5.80. The Balaban J connectivity index is 2.18. The van der Waals surface area contributed by atoms with Gasteiger partial charge < -0.3 is 19.5 Å². The molecule has 2 atom stereocenters. The summed E-state index contributed by atoms with van der Waals surface area (Å²) in [6.07, 6.45) is -0.931. The van der Waals surface area contributed by atoms with E-state index in [4.69, 9.17) is 9.47 Å². The zero-order valence-electron chi connectivity index (χ0n) is 17.2. The van der Waals surface area contributed by atoms with Gasteiger partial charge in [0.1, 0.15) is 5.60 Å². The van der Waals surface area contributed by atoms with Crippen LogP contribution in [0.3, 0.4) is 0 Å². The number of methoxy groups -OCH3 is 1. The molecule has 1 aromatic rings. The first-order valence-electron chi connectivity index (χ1n) is 9.52. The van der Waals surface area contributed by atoms with E-state index in [1.165, 1.54) is 25.3 Å². The number of carbonyl (C=O) groups is 2. The second-order valence-corrected chi connectivity index (χ2v) is 8.11. The Kier molecular flexibility index (Phi) is 7.18. The van der Waals surface area contributed by atoms with Crippen molar-refractivity contribution in [3.05, 3.63) is 39.9 Å². The Hall–Kier alpha value is -2.68. The van der Waals surface area contributed by atoms with Crippen LogP contribution in [0.25, 0.3) is 0 Å². The molecule has 0 saturated carbocycles. The standard InChI is InChI=1S/C20H28N2O7/c1-20(2,3)29-19(25)21-11-9-13(10-12-21)16(18(24)28-4)17(23)14-7-5-6-8-15(14)22(26)27/h5-8,13,16-17,23H,9-12H2,1-4H3. The largest absolute Gasteiger partial charge is 0.469 e. The van der Waals surface area contributed by atoms with Crippen LogP contribution in [0.1, 0.15) is 45.3 Å². The molecule has 0 spiro atoms. The lowest BCUT2D eigenvalue weighted by Crippen LogP contribution is -2.44. The van der Waals surface area contributed by atoms with Crippen molar-refractivity contribution >= 4 is 17.7 Å². The second-order valence-electron chi connectivity index (χ2n) is 8.11. The number of likely N-dealkylation sites (tertiary alicyclic amines) is 1. The lowest BCUT2D eigenvalue weighted by atomic mass is 9.78. The Morgan fingerprint density at radius 3 is 2.34 bits per heavy atom. The minimum atomic E-state index is -1.39. The highest BCUT2D eigenvalue weighted by atomic mass is 16.6. The average Bonchev–Trinajstić information content (AvgIpc) is 2.67. The molecule has 9 heteroatoms. The number of carbonyl (C=O) groups excluding carboxylic acids is 2. The monoisotopic (exact) mass is 408 g/mol. The van der Waals surface area contributed by atoms with Crippen LogP contribution in [0, 0.1) is 22.0 Å². The SMILES string of the molecule is COC(=O)C(C1CCN(C(=O)OC(C)(C)C)CC1)C(O)c1ccccc1[N+](=O)[O-]. The number of aliphatic hydroxyl groups is 1. The zero-order valence-corrected chi connectivity index (χ0v) is 17.2. The highest BCUT2D eigenvalue weighted by molar-refractivity contribution is 5.74. The predicted molar refractivity (Wildman–Crippen MR) is 104 cm³/mol. The maximum Gasteiger partial charge on any atom is 0.410 e. The van der Waals surface area contributed by atoms with E-state index < -0.39 is 34.6 Å². The summed E-state index contributed by atoms with van der Waals surface area (Å²) < 4.78 is 10.2. The van der Waals surface area contributed by atoms with Crippen LogP contribution in [0.4, 0.5) is 10.5 Å². The Morgan fingerprint density at radius 2 is 1.83 bits per heavy atom. The molecule has 1 heterocycles. The Bertz CT molecular complexity index is 751. The number of ether oxygens (including phenoxy) is 2. The van der Waals surface area contributed by atoms with Crippen LogP contribution >= 0.6 is 0 Å². The Morgan fingerprint density at radius 1 is 1.24 bits per heavy atom. The lowest BCUT2D eigenvalue weighted by molar-refractivity contribution is -0.386. The molecule has 0 aliphatic carbocycles. The third-order valence-electron chi connectivity index (χ3n) is 4.96.